The zero-order valence-electron chi connectivity index (χ0n) is 15.1. The molecule has 0 radical (unpaired) electrons. The van der Waals surface area contributed by atoms with Crippen LogP contribution in [0.4, 0.5) is 13.2 Å². The van der Waals surface area contributed by atoms with E-state index in [1.165, 1.54) is 5.56 Å². The number of benzene rings is 3. The lowest BCUT2D eigenvalue weighted by molar-refractivity contribution is -0.137. The van der Waals surface area contributed by atoms with Gasteiger partial charge in [-0.05, 0) is 35.1 Å². The monoisotopic (exact) mass is 373 g/mol. The molecule has 2 nitrogen and oxygen atoms in total. The average Bonchev–Trinajstić information content (AvgIpc) is 2.66. The zero-order chi connectivity index (χ0) is 19.4. The van der Waals surface area contributed by atoms with Gasteiger partial charge in [-0.2, -0.15) is 13.2 Å². The molecule has 5 heteroatoms. The van der Waals surface area contributed by atoms with Gasteiger partial charge < -0.3 is 10.5 Å². The van der Waals surface area contributed by atoms with Crippen LogP contribution in [0, 0.1) is 0 Å². The first-order valence-electron chi connectivity index (χ1n) is 8.96. The molecule has 3 rings (SSSR count). The normalized spacial score (nSPS) is 12.9. The summed E-state index contributed by atoms with van der Waals surface area (Å²) in [6, 6.07) is 16.8. The summed E-state index contributed by atoms with van der Waals surface area (Å²) in [7, 11) is 0. The van der Waals surface area contributed by atoms with Gasteiger partial charge in [-0.15, -0.1) is 0 Å². The molecule has 142 valence electrons. The Morgan fingerprint density at radius 2 is 1.70 bits per heavy atom. The summed E-state index contributed by atoms with van der Waals surface area (Å²) in [5.41, 5.74) is 7.80. The topological polar surface area (TPSA) is 35.2 Å². The lowest BCUT2D eigenvalue weighted by Crippen LogP contribution is -2.16. The third kappa shape index (κ3) is 4.42. The molecule has 0 bridgehead atoms. The highest BCUT2D eigenvalue weighted by molar-refractivity contribution is 5.89. The second-order valence-corrected chi connectivity index (χ2v) is 6.49. The molecule has 27 heavy (non-hydrogen) atoms. The van der Waals surface area contributed by atoms with Crippen molar-refractivity contribution in [2.45, 2.75) is 32.0 Å². The van der Waals surface area contributed by atoms with E-state index in [1.54, 1.807) is 24.3 Å². The van der Waals surface area contributed by atoms with Crippen LogP contribution in [0.3, 0.4) is 0 Å². The van der Waals surface area contributed by atoms with Gasteiger partial charge in [-0.25, -0.2) is 0 Å². The first kappa shape index (κ1) is 19.2. The molecule has 0 aliphatic carbocycles. The largest absolute Gasteiger partial charge is 0.493 e. The van der Waals surface area contributed by atoms with E-state index in [0.29, 0.717) is 17.2 Å². The van der Waals surface area contributed by atoms with Crippen LogP contribution in [0.5, 0.6) is 5.75 Å². The second-order valence-electron chi connectivity index (χ2n) is 6.49. The van der Waals surface area contributed by atoms with Gasteiger partial charge in [0.1, 0.15) is 5.75 Å². The van der Waals surface area contributed by atoms with Gasteiger partial charge in [0.25, 0.3) is 0 Å². The molecule has 3 aromatic rings. The number of halogens is 3. The number of hydrogen-bond donors (Lipinski definition) is 1. The molecule has 0 aliphatic rings. The molecule has 1 atom stereocenters. The van der Waals surface area contributed by atoms with Gasteiger partial charge in [0.2, 0.25) is 0 Å². The van der Waals surface area contributed by atoms with Crippen LogP contribution in [0.25, 0.3) is 10.8 Å². The van der Waals surface area contributed by atoms with Crippen LogP contribution in [0.15, 0.2) is 60.7 Å². The van der Waals surface area contributed by atoms with E-state index in [4.69, 9.17) is 10.5 Å². The summed E-state index contributed by atoms with van der Waals surface area (Å²) in [6.07, 6.45) is -3.02. The molecule has 0 saturated heterocycles. The van der Waals surface area contributed by atoms with E-state index in [0.717, 1.165) is 24.1 Å². The Labute approximate surface area is 156 Å². The minimum absolute atomic E-state index is 0.224. The smallest absolute Gasteiger partial charge is 0.416 e. The van der Waals surface area contributed by atoms with Gasteiger partial charge in [-0.3, -0.25) is 0 Å². The van der Waals surface area contributed by atoms with Gasteiger partial charge in [0, 0.05) is 17.8 Å². The number of hydrogen-bond acceptors (Lipinski definition) is 2. The molecule has 0 spiro atoms. The molecule has 1 unspecified atom stereocenters. The molecule has 0 amide bonds. The molecule has 3 aromatic carbocycles. The van der Waals surface area contributed by atoms with Gasteiger partial charge >= 0.3 is 6.18 Å². The van der Waals surface area contributed by atoms with Gasteiger partial charge in [-0.1, -0.05) is 55.5 Å². The van der Waals surface area contributed by atoms with Crippen molar-refractivity contribution in [1.29, 1.82) is 0 Å². The van der Waals surface area contributed by atoms with Crippen LogP contribution in [-0.4, -0.2) is 6.61 Å². The number of alkyl halides is 3. The molecule has 0 fully saturated rings. The Hall–Kier alpha value is -2.53. The third-order valence-electron chi connectivity index (χ3n) is 4.67. The Balaban J connectivity index is 1.78. The van der Waals surface area contributed by atoms with Crippen LogP contribution in [0.1, 0.15) is 36.1 Å². The van der Waals surface area contributed by atoms with Crippen molar-refractivity contribution >= 4 is 10.8 Å². The summed E-state index contributed by atoms with van der Waals surface area (Å²) >= 11 is 0. The standard InChI is InChI=1S/C22H22F3NO/c1-2-15-7-3-5-9-18(15)20(26)11-12-27-21-14-17(22(23,24)25)13-16-8-4-6-10-19(16)21/h3-10,13-14,20H,2,11-12,26H2,1H3. The Bertz CT molecular complexity index is 921. The molecule has 2 N–H and O–H groups in total. The molecule has 0 saturated carbocycles. The van der Waals surface area contributed by atoms with Crippen molar-refractivity contribution in [2.24, 2.45) is 5.73 Å². The van der Waals surface area contributed by atoms with Crippen molar-refractivity contribution in [3.8, 4) is 5.75 Å². The predicted octanol–water partition coefficient (Wildman–Crippen LogP) is 5.89. The number of rotatable bonds is 6. The lowest BCUT2D eigenvalue weighted by atomic mass is 9.97. The quantitative estimate of drug-likeness (QED) is 0.585. The summed E-state index contributed by atoms with van der Waals surface area (Å²) in [5.74, 6) is 0.233. The summed E-state index contributed by atoms with van der Waals surface area (Å²) in [6.45, 7) is 2.31. The van der Waals surface area contributed by atoms with E-state index in [2.05, 4.69) is 6.92 Å². The van der Waals surface area contributed by atoms with E-state index in [-0.39, 0.29) is 18.4 Å². The van der Waals surface area contributed by atoms with Crippen molar-refractivity contribution < 1.29 is 17.9 Å². The fourth-order valence-electron chi connectivity index (χ4n) is 3.23. The third-order valence-corrected chi connectivity index (χ3v) is 4.67. The summed E-state index contributed by atoms with van der Waals surface area (Å²) < 4.78 is 45.3. The number of ether oxygens (including phenoxy) is 1. The van der Waals surface area contributed by atoms with Gasteiger partial charge in [0.15, 0.2) is 0 Å². The van der Waals surface area contributed by atoms with E-state index in [1.807, 2.05) is 24.3 Å². The van der Waals surface area contributed by atoms with Crippen LogP contribution in [-0.2, 0) is 12.6 Å². The maximum Gasteiger partial charge on any atom is 0.416 e. The summed E-state index contributed by atoms with van der Waals surface area (Å²) in [5, 5.41) is 1.16. The van der Waals surface area contributed by atoms with Crippen LogP contribution < -0.4 is 10.5 Å². The lowest BCUT2D eigenvalue weighted by Gasteiger charge is -2.17. The first-order valence-corrected chi connectivity index (χ1v) is 8.96. The molecule has 0 heterocycles. The van der Waals surface area contributed by atoms with E-state index >= 15 is 0 Å². The highest BCUT2D eigenvalue weighted by Crippen LogP contribution is 2.36. The molecular formula is C22H22F3NO. The Morgan fingerprint density at radius 3 is 2.44 bits per heavy atom. The van der Waals surface area contributed by atoms with E-state index < -0.39 is 11.7 Å². The van der Waals surface area contributed by atoms with Crippen molar-refractivity contribution in [3.05, 3.63) is 77.4 Å². The van der Waals surface area contributed by atoms with Crippen molar-refractivity contribution in [2.75, 3.05) is 6.61 Å². The second kappa shape index (κ2) is 8.01. The number of aryl methyl sites for hydroxylation is 1. The van der Waals surface area contributed by atoms with Crippen LogP contribution >= 0.6 is 0 Å². The maximum atomic E-state index is 13.2. The van der Waals surface area contributed by atoms with Crippen molar-refractivity contribution in [3.63, 3.8) is 0 Å². The van der Waals surface area contributed by atoms with Crippen molar-refractivity contribution in [1.82, 2.24) is 0 Å². The minimum atomic E-state index is -4.42. The number of fused-ring (bicyclic) bond motifs is 1. The minimum Gasteiger partial charge on any atom is -0.493 e. The first-order chi connectivity index (χ1) is 12.9. The molecular weight excluding hydrogens is 351 g/mol. The highest BCUT2D eigenvalue weighted by Gasteiger charge is 2.31. The Kier molecular flexibility index (Phi) is 5.71. The van der Waals surface area contributed by atoms with Gasteiger partial charge in [0.05, 0.1) is 12.2 Å². The molecule has 0 aromatic heterocycles. The maximum absolute atomic E-state index is 13.2. The zero-order valence-corrected chi connectivity index (χ0v) is 15.1. The summed E-state index contributed by atoms with van der Waals surface area (Å²) in [4.78, 5) is 0. The van der Waals surface area contributed by atoms with E-state index in [9.17, 15) is 13.2 Å². The number of nitrogens with two attached hydrogens (primary N) is 1. The van der Waals surface area contributed by atoms with Crippen LogP contribution in [0.2, 0.25) is 0 Å². The highest BCUT2D eigenvalue weighted by atomic mass is 19.4. The fraction of sp³-hybridized carbons (Fsp3) is 0.273. The SMILES string of the molecule is CCc1ccccc1C(N)CCOc1cc(C(F)(F)F)cc2ccccc12. The predicted molar refractivity (Wildman–Crippen MR) is 102 cm³/mol. The average molecular weight is 373 g/mol. The Morgan fingerprint density at radius 1 is 1.00 bits per heavy atom. The molecule has 0 aliphatic heterocycles. The fourth-order valence-corrected chi connectivity index (χ4v) is 3.23.